The van der Waals surface area contributed by atoms with Crippen molar-refractivity contribution in [3.8, 4) is 5.88 Å². The first-order chi connectivity index (χ1) is 11.6. The van der Waals surface area contributed by atoms with Gasteiger partial charge in [-0.05, 0) is 0 Å². The number of carbonyl (C=O) groups is 1. The topological polar surface area (TPSA) is 124 Å². The Balaban J connectivity index is 1.69. The van der Waals surface area contributed by atoms with E-state index in [4.69, 9.17) is 4.74 Å². The van der Waals surface area contributed by atoms with E-state index < -0.39 is 17.2 Å². The molecule has 126 valence electrons. The molecule has 0 atom stereocenters. The van der Waals surface area contributed by atoms with Crippen LogP contribution in [0, 0.1) is 0 Å². The first-order valence-corrected chi connectivity index (χ1v) is 7.32. The van der Waals surface area contributed by atoms with Crippen molar-refractivity contribution in [3.63, 3.8) is 0 Å². The Kier molecular flexibility index (Phi) is 4.27. The molecule has 0 aromatic carbocycles. The van der Waals surface area contributed by atoms with Gasteiger partial charge in [-0.3, -0.25) is 14.6 Å². The van der Waals surface area contributed by atoms with E-state index in [-0.39, 0.29) is 5.56 Å². The van der Waals surface area contributed by atoms with Crippen LogP contribution >= 0.6 is 0 Å². The van der Waals surface area contributed by atoms with Crippen molar-refractivity contribution in [1.82, 2.24) is 24.8 Å². The normalized spacial score (nSPS) is 14.5. The summed E-state index contributed by atoms with van der Waals surface area (Å²) in [5, 5.41) is 0. The van der Waals surface area contributed by atoms with Gasteiger partial charge in [0.25, 0.3) is 11.5 Å². The minimum Gasteiger partial charge on any atom is -0.481 e. The number of nitrogens with zero attached hydrogens (tertiary/aromatic N) is 4. The number of nitrogens with one attached hydrogen (secondary N) is 2. The number of anilines is 1. The van der Waals surface area contributed by atoms with Crippen LogP contribution in [0.2, 0.25) is 0 Å². The molecule has 1 saturated heterocycles. The van der Waals surface area contributed by atoms with Crippen LogP contribution in [0.1, 0.15) is 10.4 Å². The third-order valence-electron chi connectivity index (χ3n) is 3.73. The lowest BCUT2D eigenvalue weighted by Crippen LogP contribution is -2.50. The first kappa shape index (κ1) is 15.7. The Labute approximate surface area is 136 Å². The lowest BCUT2D eigenvalue weighted by Gasteiger charge is -2.34. The number of H-pyrrole nitrogens is 2. The van der Waals surface area contributed by atoms with Crippen molar-refractivity contribution >= 4 is 11.9 Å². The molecule has 1 aliphatic heterocycles. The van der Waals surface area contributed by atoms with E-state index in [9.17, 15) is 14.4 Å². The molecule has 3 rings (SSSR count). The maximum atomic E-state index is 12.4. The van der Waals surface area contributed by atoms with Crippen LogP contribution in [0.5, 0.6) is 5.88 Å². The van der Waals surface area contributed by atoms with E-state index in [1.54, 1.807) is 17.2 Å². The van der Waals surface area contributed by atoms with Crippen LogP contribution in [0.4, 0.5) is 5.95 Å². The largest absolute Gasteiger partial charge is 0.481 e. The minimum atomic E-state index is -0.692. The first-order valence-electron chi connectivity index (χ1n) is 7.32. The molecule has 0 spiro atoms. The summed E-state index contributed by atoms with van der Waals surface area (Å²) in [6.07, 6.45) is 2.75. The molecule has 3 heterocycles. The highest BCUT2D eigenvalue weighted by Gasteiger charge is 2.25. The second-order valence-corrected chi connectivity index (χ2v) is 5.16. The zero-order chi connectivity index (χ0) is 17.1. The second-order valence-electron chi connectivity index (χ2n) is 5.16. The van der Waals surface area contributed by atoms with Gasteiger partial charge in [-0.1, -0.05) is 0 Å². The van der Waals surface area contributed by atoms with Gasteiger partial charge in [-0.25, -0.2) is 9.78 Å². The Morgan fingerprint density at radius 2 is 2.00 bits per heavy atom. The Morgan fingerprint density at radius 1 is 1.25 bits per heavy atom. The van der Waals surface area contributed by atoms with Crippen LogP contribution in [0.3, 0.4) is 0 Å². The number of methoxy groups -OCH3 is 1. The minimum absolute atomic E-state index is 0.0827. The fraction of sp³-hybridized carbons (Fsp3) is 0.357. The maximum Gasteiger partial charge on any atom is 0.325 e. The van der Waals surface area contributed by atoms with Crippen LogP contribution in [0.25, 0.3) is 0 Å². The monoisotopic (exact) mass is 332 g/mol. The smallest absolute Gasteiger partial charge is 0.325 e. The van der Waals surface area contributed by atoms with E-state index >= 15 is 0 Å². The molecule has 0 unspecified atom stereocenters. The molecule has 2 aromatic rings. The molecule has 1 aliphatic rings. The third-order valence-corrected chi connectivity index (χ3v) is 3.73. The van der Waals surface area contributed by atoms with Gasteiger partial charge < -0.3 is 19.5 Å². The van der Waals surface area contributed by atoms with E-state index in [1.807, 2.05) is 9.88 Å². The molecule has 0 radical (unpaired) electrons. The van der Waals surface area contributed by atoms with Crippen LogP contribution in [0.15, 0.2) is 28.0 Å². The molecule has 2 N–H and O–H groups in total. The molecule has 2 aromatic heterocycles. The highest BCUT2D eigenvalue weighted by atomic mass is 16.5. The van der Waals surface area contributed by atoms with Gasteiger partial charge in [-0.15, -0.1) is 0 Å². The zero-order valence-corrected chi connectivity index (χ0v) is 13.0. The summed E-state index contributed by atoms with van der Waals surface area (Å²) in [7, 11) is 1.53. The quantitative estimate of drug-likeness (QED) is 0.725. The summed E-state index contributed by atoms with van der Waals surface area (Å²) in [4.78, 5) is 51.4. The molecule has 1 amide bonds. The fourth-order valence-electron chi connectivity index (χ4n) is 2.45. The summed E-state index contributed by atoms with van der Waals surface area (Å²) >= 11 is 0. The van der Waals surface area contributed by atoms with Crippen molar-refractivity contribution in [2.75, 3.05) is 38.2 Å². The van der Waals surface area contributed by atoms with Crippen LogP contribution in [-0.2, 0) is 0 Å². The van der Waals surface area contributed by atoms with Gasteiger partial charge in [0.05, 0.1) is 7.11 Å². The molecular weight excluding hydrogens is 316 g/mol. The lowest BCUT2D eigenvalue weighted by molar-refractivity contribution is 0.0743. The molecule has 0 bridgehead atoms. The predicted octanol–water partition coefficient (Wildman–Crippen LogP) is -1.18. The number of carbonyl (C=O) groups excluding carboxylic acids is 1. The highest BCUT2D eigenvalue weighted by Crippen LogP contribution is 2.15. The molecule has 0 aliphatic carbocycles. The van der Waals surface area contributed by atoms with Crippen molar-refractivity contribution in [2.24, 2.45) is 0 Å². The third kappa shape index (κ3) is 3.12. The van der Waals surface area contributed by atoms with Gasteiger partial charge in [0, 0.05) is 44.6 Å². The number of rotatable bonds is 3. The van der Waals surface area contributed by atoms with Gasteiger partial charge in [0.15, 0.2) is 0 Å². The van der Waals surface area contributed by atoms with Crippen molar-refractivity contribution in [3.05, 3.63) is 44.9 Å². The van der Waals surface area contributed by atoms with Crippen molar-refractivity contribution < 1.29 is 9.53 Å². The van der Waals surface area contributed by atoms with E-state index in [0.717, 1.165) is 6.20 Å². The molecule has 1 fully saturated rings. The molecule has 0 saturated carbocycles. The van der Waals surface area contributed by atoms with Gasteiger partial charge >= 0.3 is 5.69 Å². The van der Waals surface area contributed by atoms with Gasteiger partial charge in [-0.2, -0.15) is 4.98 Å². The van der Waals surface area contributed by atoms with E-state index in [1.165, 1.54) is 7.11 Å². The number of hydrogen-bond donors (Lipinski definition) is 2. The zero-order valence-electron chi connectivity index (χ0n) is 13.0. The van der Waals surface area contributed by atoms with E-state index in [0.29, 0.717) is 38.0 Å². The lowest BCUT2D eigenvalue weighted by atomic mass is 10.2. The summed E-state index contributed by atoms with van der Waals surface area (Å²) in [5.74, 6) is 0.584. The van der Waals surface area contributed by atoms with E-state index in [2.05, 4.69) is 15.0 Å². The highest BCUT2D eigenvalue weighted by molar-refractivity contribution is 5.93. The summed E-state index contributed by atoms with van der Waals surface area (Å²) in [6.45, 7) is 1.89. The Bertz CT molecular complexity index is 853. The van der Waals surface area contributed by atoms with Crippen LogP contribution < -0.4 is 20.9 Å². The number of amides is 1. The Hall–Kier alpha value is -3.17. The number of piperazine rings is 1. The summed E-state index contributed by atoms with van der Waals surface area (Å²) in [6, 6.07) is 1.66. The SMILES string of the molecule is COc1ccnc(N2CCN(C(=O)c3c[nH]c(=O)[nH]c3=O)CC2)n1. The van der Waals surface area contributed by atoms with Crippen LogP contribution in [-0.4, -0.2) is 64.0 Å². The number of aromatic amines is 2. The second kappa shape index (κ2) is 6.52. The predicted molar refractivity (Wildman–Crippen MR) is 84.4 cm³/mol. The number of hydrogen-bond acceptors (Lipinski definition) is 7. The summed E-state index contributed by atoms with van der Waals surface area (Å²) < 4.78 is 5.08. The molecular formula is C14H16N6O4. The average molecular weight is 332 g/mol. The van der Waals surface area contributed by atoms with Crippen molar-refractivity contribution in [2.45, 2.75) is 0 Å². The van der Waals surface area contributed by atoms with Gasteiger partial charge in [0.2, 0.25) is 11.8 Å². The summed E-state index contributed by atoms with van der Waals surface area (Å²) in [5.41, 5.74) is -1.42. The Morgan fingerprint density at radius 3 is 2.67 bits per heavy atom. The molecule has 10 heteroatoms. The molecule has 10 nitrogen and oxygen atoms in total. The molecule has 24 heavy (non-hydrogen) atoms. The van der Waals surface area contributed by atoms with Gasteiger partial charge in [0.1, 0.15) is 5.56 Å². The maximum absolute atomic E-state index is 12.4. The standard InChI is InChI=1S/C14H16N6O4/c1-24-10-2-3-15-13(17-10)20-6-4-19(5-7-20)12(22)9-8-16-14(23)18-11(9)21/h2-3,8H,4-7H2,1H3,(H2,16,18,21,23). The fourth-order valence-corrected chi connectivity index (χ4v) is 2.45. The average Bonchev–Trinajstić information content (AvgIpc) is 2.61. The number of aromatic nitrogens is 4. The number of ether oxygens (including phenoxy) is 1. The van der Waals surface area contributed by atoms with Crippen molar-refractivity contribution in [1.29, 1.82) is 0 Å².